The van der Waals surface area contributed by atoms with E-state index in [1.807, 2.05) is 6.92 Å². The number of aromatic nitrogens is 1. The number of rotatable bonds is 2. The summed E-state index contributed by atoms with van der Waals surface area (Å²) in [5, 5.41) is 0. The van der Waals surface area contributed by atoms with Gasteiger partial charge in [0.2, 0.25) is 0 Å². The molecule has 0 aliphatic heterocycles. The molecule has 1 rings (SSSR count). The van der Waals surface area contributed by atoms with Gasteiger partial charge in [0.1, 0.15) is 5.69 Å². The molecule has 0 saturated heterocycles. The van der Waals surface area contributed by atoms with Crippen LogP contribution >= 0.6 is 0 Å². The molecule has 66 valence electrons. The zero-order chi connectivity index (χ0) is 9.23. The van der Waals surface area contributed by atoms with Crippen molar-refractivity contribution in [3.05, 3.63) is 30.1 Å². The van der Waals surface area contributed by atoms with Crippen LogP contribution < -0.4 is 0 Å². The number of pyridine rings is 1. The fourth-order valence-corrected chi connectivity index (χ4v) is 0.446. The number of hydrogen-bond donors (Lipinski definition) is 0. The van der Waals surface area contributed by atoms with Crippen LogP contribution in [-0.2, 0) is 4.74 Å². The number of carbonyl (C=O) groups excluding carboxylic acids is 1. The molecular formula is C9H13NO2. The fraction of sp³-hybridized carbons (Fsp3) is 0.333. The van der Waals surface area contributed by atoms with Crippen LogP contribution in [0.3, 0.4) is 0 Å². The predicted octanol–water partition coefficient (Wildman–Crippen LogP) is 1.55. The van der Waals surface area contributed by atoms with Crippen molar-refractivity contribution in [1.82, 2.24) is 4.98 Å². The number of nitrogens with zero attached hydrogens (tertiary/aromatic N) is 1. The molecule has 0 amide bonds. The van der Waals surface area contributed by atoms with Gasteiger partial charge in [0, 0.05) is 19.9 Å². The number of methoxy groups -OCH3 is 1. The number of hydrogen-bond acceptors (Lipinski definition) is 3. The average Bonchev–Trinajstić information content (AvgIpc) is 2.19. The van der Waals surface area contributed by atoms with Gasteiger partial charge < -0.3 is 4.74 Å². The zero-order valence-electron chi connectivity index (χ0n) is 7.36. The molecule has 3 nitrogen and oxygen atoms in total. The van der Waals surface area contributed by atoms with Crippen molar-refractivity contribution in [2.75, 3.05) is 13.7 Å². The molecule has 0 atom stereocenters. The molecule has 0 spiro atoms. The normalized spacial score (nSPS) is 8.17. The predicted molar refractivity (Wildman–Crippen MR) is 47.2 cm³/mol. The molecule has 12 heavy (non-hydrogen) atoms. The van der Waals surface area contributed by atoms with E-state index >= 15 is 0 Å². The minimum absolute atomic E-state index is 0.479. The summed E-state index contributed by atoms with van der Waals surface area (Å²) in [5.41, 5.74) is 0.479. The molecule has 3 heteroatoms. The van der Waals surface area contributed by atoms with E-state index < -0.39 is 0 Å². The minimum Gasteiger partial charge on any atom is -0.385 e. The second-order valence-corrected chi connectivity index (χ2v) is 1.95. The monoisotopic (exact) mass is 167 g/mol. The third kappa shape index (κ3) is 5.56. The van der Waals surface area contributed by atoms with Crippen molar-refractivity contribution in [3.8, 4) is 0 Å². The Balaban J connectivity index is 0.000000261. The Hall–Kier alpha value is -1.22. The first-order valence-corrected chi connectivity index (χ1v) is 3.70. The molecule has 0 bridgehead atoms. The topological polar surface area (TPSA) is 39.2 Å². The number of carbonyl (C=O) groups is 1. The van der Waals surface area contributed by atoms with Gasteiger partial charge in [-0.15, -0.1) is 0 Å². The Kier molecular flexibility index (Phi) is 7.08. The lowest BCUT2D eigenvalue weighted by Crippen LogP contribution is -1.80. The number of aldehydes is 1. The fourth-order valence-electron chi connectivity index (χ4n) is 0.446. The summed E-state index contributed by atoms with van der Waals surface area (Å²) in [6.45, 7) is 2.78. The van der Waals surface area contributed by atoms with Gasteiger partial charge in [0.05, 0.1) is 0 Å². The first-order valence-electron chi connectivity index (χ1n) is 3.70. The van der Waals surface area contributed by atoms with Crippen LogP contribution in [0.1, 0.15) is 17.4 Å². The smallest absolute Gasteiger partial charge is 0.168 e. The van der Waals surface area contributed by atoms with Crippen molar-refractivity contribution in [2.45, 2.75) is 6.92 Å². The van der Waals surface area contributed by atoms with E-state index in [0.29, 0.717) is 5.69 Å². The highest BCUT2D eigenvalue weighted by Gasteiger charge is 1.81. The first kappa shape index (κ1) is 10.8. The van der Waals surface area contributed by atoms with E-state index in [-0.39, 0.29) is 0 Å². The lowest BCUT2D eigenvalue weighted by Gasteiger charge is -1.81. The molecule has 0 aliphatic carbocycles. The van der Waals surface area contributed by atoms with Crippen LogP contribution in [0, 0.1) is 0 Å². The molecule has 1 aromatic rings. The Morgan fingerprint density at radius 2 is 2.25 bits per heavy atom. The maximum atomic E-state index is 9.94. The molecule has 0 aromatic carbocycles. The van der Waals surface area contributed by atoms with Crippen molar-refractivity contribution < 1.29 is 9.53 Å². The molecule has 0 unspecified atom stereocenters. The van der Waals surface area contributed by atoms with Crippen molar-refractivity contribution in [3.63, 3.8) is 0 Å². The van der Waals surface area contributed by atoms with Gasteiger partial charge in [-0.25, -0.2) is 0 Å². The first-order chi connectivity index (χ1) is 5.85. The molecule has 1 heterocycles. The highest BCUT2D eigenvalue weighted by atomic mass is 16.5. The Labute approximate surface area is 72.4 Å². The Bertz CT molecular complexity index is 197. The second-order valence-electron chi connectivity index (χ2n) is 1.95. The van der Waals surface area contributed by atoms with Gasteiger partial charge in [-0.05, 0) is 19.1 Å². The molecule has 0 radical (unpaired) electrons. The van der Waals surface area contributed by atoms with Crippen molar-refractivity contribution in [2.24, 2.45) is 0 Å². The quantitative estimate of drug-likeness (QED) is 0.627. The number of ether oxygens (including phenoxy) is 1. The van der Waals surface area contributed by atoms with E-state index in [1.54, 1.807) is 31.5 Å². The van der Waals surface area contributed by atoms with Crippen molar-refractivity contribution in [1.29, 1.82) is 0 Å². The summed E-state index contributed by atoms with van der Waals surface area (Å²) in [6.07, 6.45) is 2.31. The molecule has 0 fully saturated rings. The Morgan fingerprint density at radius 1 is 1.58 bits per heavy atom. The summed E-state index contributed by atoms with van der Waals surface area (Å²) >= 11 is 0. The zero-order valence-corrected chi connectivity index (χ0v) is 7.36. The Morgan fingerprint density at radius 3 is 2.50 bits per heavy atom. The average molecular weight is 167 g/mol. The molecule has 1 aromatic heterocycles. The minimum atomic E-state index is 0.479. The lowest BCUT2D eigenvalue weighted by molar-refractivity contribution is 0.111. The van der Waals surface area contributed by atoms with Crippen LogP contribution in [0.25, 0.3) is 0 Å². The molecule has 0 N–H and O–H groups in total. The van der Waals surface area contributed by atoms with E-state index in [2.05, 4.69) is 9.72 Å². The van der Waals surface area contributed by atoms with Gasteiger partial charge in [0.25, 0.3) is 0 Å². The van der Waals surface area contributed by atoms with E-state index in [1.165, 1.54) is 0 Å². The van der Waals surface area contributed by atoms with E-state index in [0.717, 1.165) is 12.9 Å². The van der Waals surface area contributed by atoms with Crippen LogP contribution in [0.2, 0.25) is 0 Å². The molecule has 0 aliphatic rings. The third-order valence-electron chi connectivity index (χ3n) is 1.10. The summed E-state index contributed by atoms with van der Waals surface area (Å²) in [7, 11) is 1.68. The van der Waals surface area contributed by atoms with Crippen LogP contribution in [0.5, 0.6) is 0 Å². The molecular weight excluding hydrogens is 154 g/mol. The highest BCUT2D eigenvalue weighted by Crippen LogP contribution is 1.85. The molecule has 0 saturated carbocycles. The van der Waals surface area contributed by atoms with Gasteiger partial charge in [-0.1, -0.05) is 6.07 Å². The van der Waals surface area contributed by atoms with Gasteiger partial charge >= 0.3 is 0 Å². The second kappa shape index (κ2) is 7.88. The highest BCUT2D eigenvalue weighted by molar-refractivity contribution is 5.71. The van der Waals surface area contributed by atoms with Crippen LogP contribution in [0.15, 0.2) is 24.4 Å². The maximum absolute atomic E-state index is 9.94. The van der Waals surface area contributed by atoms with E-state index in [9.17, 15) is 4.79 Å². The summed E-state index contributed by atoms with van der Waals surface area (Å²) < 4.78 is 4.54. The maximum Gasteiger partial charge on any atom is 0.168 e. The third-order valence-corrected chi connectivity index (χ3v) is 1.10. The standard InChI is InChI=1S/C6H5NO.C3H8O/c8-5-6-3-1-2-4-7-6;1-3-4-2/h1-5H;3H2,1-2H3. The van der Waals surface area contributed by atoms with Gasteiger partial charge in [-0.3, -0.25) is 9.78 Å². The summed E-state index contributed by atoms with van der Waals surface area (Å²) in [4.78, 5) is 13.7. The summed E-state index contributed by atoms with van der Waals surface area (Å²) in [5.74, 6) is 0. The summed E-state index contributed by atoms with van der Waals surface area (Å²) in [6, 6.07) is 5.21. The van der Waals surface area contributed by atoms with Gasteiger partial charge in [0.15, 0.2) is 6.29 Å². The largest absolute Gasteiger partial charge is 0.385 e. The van der Waals surface area contributed by atoms with Crippen LogP contribution in [0.4, 0.5) is 0 Å². The van der Waals surface area contributed by atoms with Crippen LogP contribution in [-0.4, -0.2) is 25.0 Å². The van der Waals surface area contributed by atoms with Gasteiger partial charge in [-0.2, -0.15) is 0 Å². The van der Waals surface area contributed by atoms with E-state index in [4.69, 9.17) is 0 Å². The van der Waals surface area contributed by atoms with Crippen molar-refractivity contribution >= 4 is 6.29 Å². The SMILES string of the molecule is CCOC.O=Cc1ccccn1. The lowest BCUT2D eigenvalue weighted by atomic mass is 10.4.